The van der Waals surface area contributed by atoms with Crippen molar-refractivity contribution in [3.05, 3.63) is 40.9 Å². The number of nitrogens with one attached hydrogen (secondary N) is 1. The van der Waals surface area contributed by atoms with E-state index in [9.17, 15) is 9.59 Å². The molecule has 0 aliphatic heterocycles. The largest absolute Gasteiger partial charge is 0.451 e. The summed E-state index contributed by atoms with van der Waals surface area (Å²) >= 11 is 1.38. The summed E-state index contributed by atoms with van der Waals surface area (Å²) in [7, 11) is 0. The third kappa shape index (κ3) is 5.39. The summed E-state index contributed by atoms with van der Waals surface area (Å²) in [4.78, 5) is 28.1. The Bertz CT molecular complexity index is 723. The molecule has 1 aromatic carbocycles. The molecule has 2 aromatic rings. The molecular formula is C19H24N2O3S. The number of aryl methyl sites for hydroxylation is 1. The first-order chi connectivity index (χ1) is 11.9. The molecule has 1 N–H and O–H groups in total. The van der Waals surface area contributed by atoms with Crippen molar-refractivity contribution in [2.24, 2.45) is 5.92 Å². The Morgan fingerprint density at radius 1 is 1.20 bits per heavy atom. The van der Waals surface area contributed by atoms with E-state index in [1.165, 1.54) is 16.9 Å². The van der Waals surface area contributed by atoms with Crippen molar-refractivity contribution in [3.63, 3.8) is 0 Å². The number of rotatable bonds is 7. The number of ether oxygens (including phenoxy) is 1. The number of carbonyl (C=O) groups is 2. The predicted molar refractivity (Wildman–Crippen MR) is 99.7 cm³/mol. The zero-order valence-corrected chi connectivity index (χ0v) is 15.9. The number of hydrogen-bond donors (Lipinski definition) is 1. The molecule has 0 aliphatic carbocycles. The third-order valence-corrected chi connectivity index (χ3v) is 4.94. The third-order valence-electron chi connectivity index (χ3n) is 4.05. The van der Waals surface area contributed by atoms with E-state index < -0.39 is 5.97 Å². The van der Waals surface area contributed by atoms with Crippen LogP contribution in [0.3, 0.4) is 0 Å². The predicted octanol–water partition coefficient (Wildman–Crippen LogP) is 3.69. The van der Waals surface area contributed by atoms with Crippen LogP contribution in [0.4, 0.5) is 0 Å². The van der Waals surface area contributed by atoms with E-state index >= 15 is 0 Å². The van der Waals surface area contributed by atoms with E-state index in [0.717, 1.165) is 17.0 Å². The van der Waals surface area contributed by atoms with Gasteiger partial charge in [0.05, 0.1) is 0 Å². The zero-order valence-electron chi connectivity index (χ0n) is 15.0. The summed E-state index contributed by atoms with van der Waals surface area (Å²) < 4.78 is 5.05. The minimum Gasteiger partial charge on any atom is -0.451 e. The van der Waals surface area contributed by atoms with E-state index in [1.54, 1.807) is 5.38 Å². The van der Waals surface area contributed by atoms with E-state index in [0.29, 0.717) is 5.92 Å². The molecule has 25 heavy (non-hydrogen) atoms. The van der Waals surface area contributed by atoms with E-state index in [4.69, 9.17) is 4.74 Å². The lowest BCUT2D eigenvalue weighted by Gasteiger charge is -2.17. The molecule has 1 atom stereocenters. The molecule has 0 spiro atoms. The fourth-order valence-electron chi connectivity index (χ4n) is 2.05. The van der Waals surface area contributed by atoms with Gasteiger partial charge in [-0.15, -0.1) is 11.3 Å². The molecule has 0 saturated carbocycles. The molecule has 0 saturated heterocycles. The molecule has 0 radical (unpaired) electrons. The maximum Gasteiger partial charge on any atom is 0.358 e. The van der Waals surface area contributed by atoms with Crippen LogP contribution < -0.4 is 5.32 Å². The highest BCUT2D eigenvalue weighted by molar-refractivity contribution is 7.13. The summed E-state index contributed by atoms with van der Waals surface area (Å²) in [6.07, 6.45) is 0.979. The van der Waals surface area contributed by atoms with Gasteiger partial charge in [-0.1, -0.05) is 45.0 Å². The van der Waals surface area contributed by atoms with Crippen LogP contribution in [0.15, 0.2) is 29.6 Å². The Morgan fingerprint density at radius 2 is 1.88 bits per heavy atom. The number of carbonyl (C=O) groups excluding carboxylic acids is 2. The monoisotopic (exact) mass is 360 g/mol. The minimum atomic E-state index is -0.583. The first kappa shape index (κ1) is 19.1. The van der Waals surface area contributed by atoms with Crippen molar-refractivity contribution in [2.45, 2.75) is 40.2 Å². The fourth-order valence-corrected chi connectivity index (χ4v) is 2.85. The Morgan fingerprint density at radius 3 is 2.48 bits per heavy atom. The second kappa shape index (κ2) is 8.76. The average molecular weight is 360 g/mol. The van der Waals surface area contributed by atoms with Gasteiger partial charge in [0.25, 0.3) is 5.91 Å². The van der Waals surface area contributed by atoms with E-state index in [1.807, 2.05) is 32.9 Å². The maximum absolute atomic E-state index is 12.1. The SMILES string of the molecule is CCc1ccc(-c2nc(C(=O)OCC(=O)N[C@H](C)C(C)C)cs2)cc1. The summed E-state index contributed by atoms with van der Waals surface area (Å²) in [5, 5.41) is 5.20. The highest BCUT2D eigenvalue weighted by atomic mass is 32.1. The normalized spacial score (nSPS) is 12.0. The minimum absolute atomic E-state index is 0.0307. The number of nitrogens with zero attached hydrogens (tertiary/aromatic N) is 1. The van der Waals surface area contributed by atoms with Crippen molar-refractivity contribution in [3.8, 4) is 10.6 Å². The second-order valence-corrected chi connectivity index (χ2v) is 7.12. The molecule has 0 fully saturated rings. The van der Waals surface area contributed by atoms with Gasteiger partial charge in [-0.25, -0.2) is 9.78 Å². The molecule has 134 valence electrons. The van der Waals surface area contributed by atoms with E-state index in [2.05, 4.69) is 29.4 Å². The fraction of sp³-hybridized carbons (Fsp3) is 0.421. The maximum atomic E-state index is 12.1. The van der Waals surface area contributed by atoms with Crippen molar-refractivity contribution in [2.75, 3.05) is 6.61 Å². The molecule has 0 aliphatic rings. The standard InChI is InChI=1S/C19H24N2O3S/c1-5-14-6-8-15(9-7-14)18-21-16(11-25-18)19(23)24-10-17(22)20-13(4)12(2)3/h6-9,11-13H,5,10H2,1-4H3,(H,20,22)/t13-/m1/s1. The lowest BCUT2D eigenvalue weighted by molar-refractivity contribution is -0.125. The van der Waals surface area contributed by atoms with Gasteiger partial charge in [-0.3, -0.25) is 4.79 Å². The highest BCUT2D eigenvalue weighted by Gasteiger charge is 2.16. The van der Waals surface area contributed by atoms with Crippen LogP contribution >= 0.6 is 11.3 Å². The van der Waals surface area contributed by atoms with Crippen molar-refractivity contribution in [1.29, 1.82) is 0 Å². The molecule has 6 heteroatoms. The summed E-state index contributed by atoms with van der Waals surface area (Å²) in [6, 6.07) is 8.12. The molecule has 5 nitrogen and oxygen atoms in total. The Balaban J connectivity index is 1.92. The number of benzene rings is 1. The molecule has 2 rings (SSSR count). The lowest BCUT2D eigenvalue weighted by atomic mass is 10.1. The van der Waals surface area contributed by atoms with Crippen molar-refractivity contribution in [1.82, 2.24) is 10.3 Å². The average Bonchev–Trinajstić information content (AvgIpc) is 3.09. The summed E-state index contributed by atoms with van der Waals surface area (Å²) in [5.74, 6) is -0.569. The first-order valence-corrected chi connectivity index (χ1v) is 9.30. The molecule has 1 amide bonds. The first-order valence-electron chi connectivity index (χ1n) is 8.42. The molecule has 0 bridgehead atoms. The lowest BCUT2D eigenvalue weighted by Crippen LogP contribution is -2.38. The van der Waals surface area contributed by atoms with Gasteiger partial charge in [-0.2, -0.15) is 0 Å². The van der Waals surface area contributed by atoms with Crippen LogP contribution in [-0.4, -0.2) is 29.5 Å². The van der Waals surface area contributed by atoms with Gasteiger partial charge < -0.3 is 10.1 Å². The van der Waals surface area contributed by atoms with Gasteiger partial charge in [0.2, 0.25) is 0 Å². The van der Waals surface area contributed by atoms with Gasteiger partial charge in [-0.05, 0) is 24.8 Å². The van der Waals surface area contributed by atoms with Crippen LogP contribution in [0.5, 0.6) is 0 Å². The van der Waals surface area contributed by atoms with Crippen molar-refractivity contribution < 1.29 is 14.3 Å². The second-order valence-electron chi connectivity index (χ2n) is 6.26. The topological polar surface area (TPSA) is 68.3 Å². The number of thiazole rings is 1. The van der Waals surface area contributed by atoms with Gasteiger partial charge in [0, 0.05) is 17.0 Å². The number of hydrogen-bond acceptors (Lipinski definition) is 5. The highest BCUT2D eigenvalue weighted by Crippen LogP contribution is 2.24. The van der Waals surface area contributed by atoms with Gasteiger partial charge in [0.1, 0.15) is 5.01 Å². The summed E-state index contributed by atoms with van der Waals surface area (Å²) in [6.45, 7) is 7.75. The molecule has 0 unspecified atom stereocenters. The molecular weight excluding hydrogens is 336 g/mol. The quantitative estimate of drug-likeness (QED) is 0.765. The number of esters is 1. The molecule has 1 heterocycles. The van der Waals surface area contributed by atoms with Crippen LogP contribution in [0, 0.1) is 5.92 Å². The Kier molecular flexibility index (Phi) is 6.70. The number of aromatic nitrogens is 1. The summed E-state index contributed by atoms with van der Waals surface area (Å²) in [5.41, 5.74) is 2.44. The van der Waals surface area contributed by atoms with E-state index in [-0.39, 0.29) is 24.2 Å². The van der Waals surface area contributed by atoms with Crippen LogP contribution in [0.25, 0.3) is 10.6 Å². The smallest absolute Gasteiger partial charge is 0.358 e. The van der Waals surface area contributed by atoms with Gasteiger partial charge in [0.15, 0.2) is 12.3 Å². The van der Waals surface area contributed by atoms with Crippen LogP contribution in [-0.2, 0) is 16.0 Å². The Hall–Kier alpha value is -2.21. The molecule has 1 aromatic heterocycles. The van der Waals surface area contributed by atoms with Crippen molar-refractivity contribution >= 4 is 23.2 Å². The Labute approximate surface area is 152 Å². The number of amides is 1. The zero-order chi connectivity index (χ0) is 18.4. The van der Waals surface area contributed by atoms with Gasteiger partial charge >= 0.3 is 5.97 Å². The van der Waals surface area contributed by atoms with Crippen LogP contribution in [0.2, 0.25) is 0 Å². The van der Waals surface area contributed by atoms with Crippen LogP contribution in [0.1, 0.15) is 43.7 Å².